The van der Waals surface area contributed by atoms with Gasteiger partial charge in [-0.25, -0.2) is 0 Å². The zero-order chi connectivity index (χ0) is 8.85. The first-order valence-electron chi connectivity index (χ1n) is 3.55. The average molecular weight is 272 g/mol. The van der Waals surface area contributed by atoms with Crippen LogP contribution in [-0.2, 0) is 4.79 Å². The molecule has 0 heterocycles. The van der Waals surface area contributed by atoms with Gasteiger partial charge in [-0.05, 0) is 19.3 Å². The fourth-order valence-electron chi connectivity index (χ4n) is 0.895. The molecule has 4 heteroatoms. The van der Waals surface area contributed by atoms with Crippen LogP contribution in [0.15, 0.2) is 0 Å². The zero-order valence-corrected chi connectivity index (χ0v) is 8.61. The number of hydrogen-bond acceptors (Lipinski definition) is 2. The fraction of sp³-hybridized carbons (Fsp3) is 0.857. The first-order chi connectivity index (χ1) is 5.04. The first-order valence-corrected chi connectivity index (χ1v) is 4.80. The molecule has 0 aromatic carbocycles. The van der Waals surface area contributed by atoms with E-state index in [0.29, 0.717) is 3.92 Å². The van der Waals surface area contributed by atoms with Crippen LogP contribution >= 0.6 is 22.6 Å². The normalized spacial score (nSPS) is 29.0. The maximum Gasteiger partial charge on any atom is 0.300 e. The number of carboxylic acids is 1. The summed E-state index contributed by atoms with van der Waals surface area (Å²) in [5.74, 6) is -0.833. The molecule has 0 radical (unpaired) electrons. The van der Waals surface area contributed by atoms with Gasteiger partial charge in [-0.15, -0.1) is 0 Å². The van der Waals surface area contributed by atoms with Gasteiger partial charge in [-0.2, -0.15) is 0 Å². The molecule has 1 fully saturated rings. The van der Waals surface area contributed by atoms with Crippen molar-refractivity contribution in [2.75, 3.05) is 0 Å². The number of alkyl halides is 1. The van der Waals surface area contributed by atoms with Gasteiger partial charge in [0.25, 0.3) is 5.97 Å². The maximum absolute atomic E-state index is 9.00. The number of rotatable bonds is 0. The molecule has 0 aromatic heterocycles. The van der Waals surface area contributed by atoms with E-state index >= 15 is 0 Å². The summed E-state index contributed by atoms with van der Waals surface area (Å²) in [4.78, 5) is 9.00. The van der Waals surface area contributed by atoms with Crippen LogP contribution < -0.4 is 0 Å². The van der Waals surface area contributed by atoms with Crippen LogP contribution in [0.5, 0.6) is 0 Å². The van der Waals surface area contributed by atoms with Crippen LogP contribution in [0, 0.1) is 0 Å². The molecular formula is C7H13IO3. The lowest BCUT2D eigenvalue weighted by molar-refractivity contribution is -0.134. The quantitative estimate of drug-likeness (QED) is 0.518. The number of aliphatic hydroxyl groups is 1. The minimum atomic E-state index is -0.833. The molecule has 2 atom stereocenters. The molecule has 1 aliphatic carbocycles. The van der Waals surface area contributed by atoms with Gasteiger partial charge in [0.2, 0.25) is 0 Å². The topological polar surface area (TPSA) is 57.5 Å². The van der Waals surface area contributed by atoms with Crippen molar-refractivity contribution in [1.29, 1.82) is 0 Å². The Morgan fingerprint density at radius 1 is 1.55 bits per heavy atom. The summed E-state index contributed by atoms with van der Waals surface area (Å²) in [6.07, 6.45) is 3.45. The Morgan fingerprint density at radius 2 is 2.00 bits per heavy atom. The van der Waals surface area contributed by atoms with Crippen molar-refractivity contribution in [3.05, 3.63) is 0 Å². The highest BCUT2D eigenvalue weighted by Gasteiger charge is 2.21. The van der Waals surface area contributed by atoms with E-state index in [1.54, 1.807) is 0 Å². The van der Waals surface area contributed by atoms with E-state index < -0.39 is 5.97 Å². The molecule has 0 aromatic rings. The molecule has 0 aliphatic heterocycles. The highest BCUT2D eigenvalue weighted by atomic mass is 127. The second-order valence-electron chi connectivity index (χ2n) is 2.53. The van der Waals surface area contributed by atoms with Gasteiger partial charge in [-0.1, -0.05) is 22.6 Å². The summed E-state index contributed by atoms with van der Waals surface area (Å²) >= 11 is 2.31. The van der Waals surface area contributed by atoms with Crippen LogP contribution in [0.2, 0.25) is 0 Å². The molecule has 0 amide bonds. The van der Waals surface area contributed by atoms with Gasteiger partial charge in [0.15, 0.2) is 0 Å². The molecule has 0 bridgehead atoms. The van der Waals surface area contributed by atoms with Gasteiger partial charge in [-0.3, -0.25) is 4.79 Å². The monoisotopic (exact) mass is 272 g/mol. The first kappa shape index (κ1) is 11.2. The minimum absolute atomic E-state index is 0.000556. The van der Waals surface area contributed by atoms with E-state index in [-0.39, 0.29) is 6.10 Å². The predicted molar refractivity (Wildman–Crippen MR) is 51.0 cm³/mol. The molecule has 0 spiro atoms. The van der Waals surface area contributed by atoms with E-state index in [4.69, 9.17) is 15.0 Å². The Bertz CT molecular complexity index is 115. The molecule has 66 valence electrons. The van der Waals surface area contributed by atoms with Crippen molar-refractivity contribution in [1.82, 2.24) is 0 Å². The third kappa shape index (κ3) is 6.55. The van der Waals surface area contributed by atoms with Gasteiger partial charge >= 0.3 is 0 Å². The van der Waals surface area contributed by atoms with E-state index in [2.05, 4.69) is 22.6 Å². The standard InChI is InChI=1S/C5H9IO.C2H4O2/c6-4-2-1-3-5(4)7;1-2(3)4/h4-5,7H,1-3H2;1H3,(H,3,4)/t4-,5-;/m1./s1. The second-order valence-corrected chi connectivity index (χ2v) is 4.13. The SMILES string of the molecule is CC(=O)O.O[C@@H]1CCC[C@H]1I. The summed E-state index contributed by atoms with van der Waals surface area (Å²) in [5.41, 5.74) is 0. The van der Waals surface area contributed by atoms with Gasteiger partial charge < -0.3 is 10.2 Å². The van der Waals surface area contributed by atoms with Gasteiger partial charge in [0.1, 0.15) is 0 Å². The van der Waals surface area contributed by atoms with Crippen molar-refractivity contribution in [3.63, 3.8) is 0 Å². The van der Waals surface area contributed by atoms with E-state index in [1.807, 2.05) is 0 Å². The van der Waals surface area contributed by atoms with E-state index in [9.17, 15) is 0 Å². The second kappa shape index (κ2) is 5.77. The van der Waals surface area contributed by atoms with Crippen LogP contribution in [0.3, 0.4) is 0 Å². The summed E-state index contributed by atoms with van der Waals surface area (Å²) in [6, 6.07) is 0. The number of carboxylic acid groups (broad SMARTS) is 1. The Labute approximate surface area is 79.9 Å². The van der Waals surface area contributed by atoms with Crippen LogP contribution in [0.25, 0.3) is 0 Å². The van der Waals surface area contributed by atoms with Crippen LogP contribution in [-0.4, -0.2) is 26.2 Å². The van der Waals surface area contributed by atoms with Gasteiger partial charge in [0, 0.05) is 10.8 Å². The number of halogens is 1. The largest absolute Gasteiger partial charge is 0.481 e. The Balaban J connectivity index is 0.000000218. The van der Waals surface area contributed by atoms with Crippen molar-refractivity contribution in [3.8, 4) is 0 Å². The van der Waals surface area contributed by atoms with E-state index in [0.717, 1.165) is 13.3 Å². The van der Waals surface area contributed by atoms with Crippen LogP contribution in [0.4, 0.5) is 0 Å². The Morgan fingerprint density at radius 3 is 2.09 bits per heavy atom. The lowest BCUT2D eigenvalue weighted by atomic mass is 10.3. The van der Waals surface area contributed by atoms with E-state index in [1.165, 1.54) is 12.8 Å². The highest BCUT2D eigenvalue weighted by Crippen LogP contribution is 2.25. The molecule has 0 saturated heterocycles. The molecule has 11 heavy (non-hydrogen) atoms. The molecule has 2 N–H and O–H groups in total. The molecule has 1 rings (SSSR count). The fourth-order valence-corrected chi connectivity index (χ4v) is 1.70. The van der Waals surface area contributed by atoms with Crippen molar-refractivity contribution in [2.24, 2.45) is 0 Å². The zero-order valence-electron chi connectivity index (χ0n) is 6.46. The highest BCUT2D eigenvalue weighted by molar-refractivity contribution is 14.1. The third-order valence-electron chi connectivity index (χ3n) is 1.40. The van der Waals surface area contributed by atoms with Crippen molar-refractivity contribution >= 4 is 28.6 Å². The number of aliphatic carboxylic acids is 1. The number of aliphatic hydroxyl groups excluding tert-OH is 1. The average Bonchev–Trinajstić information content (AvgIpc) is 2.15. The summed E-state index contributed by atoms with van der Waals surface area (Å²) < 4.78 is 0.539. The lowest BCUT2D eigenvalue weighted by Crippen LogP contribution is -2.10. The Hall–Kier alpha value is 0.160. The minimum Gasteiger partial charge on any atom is -0.481 e. The van der Waals surface area contributed by atoms with Gasteiger partial charge in [0.05, 0.1) is 6.10 Å². The molecule has 1 saturated carbocycles. The van der Waals surface area contributed by atoms with Crippen molar-refractivity contribution < 1.29 is 15.0 Å². The number of carbonyl (C=O) groups is 1. The predicted octanol–water partition coefficient (Wildman–Crippen LogP) is 1.43. The molecule has 0 unspecified atom stereocenters. The number of hydrogen-bond donors (Lipinski definition) is 2. The molecule has 1 aliphatic rings. The lowest BCUT2D eigenvalue weighted by Gasteiger charge is -2.02. The summed E-state index contributed by atoms with van der Waals surface area (Å²) in [7, 11) is 0. The summed E-state index contributed by atoms with van der Waals surface area (Å²) in [5, 5.41) is 16.4. The van der Waals surface area contributed by atoms with Crippen molar-refractivity contribution in [2.45, 2.75) is 36.2 Å². The molecule has 3 nitrogen and oxygen atoms in total. The summed E-state index contributed by atoms with van der Waals surface area (Å²) in [6.45, 7) is 1.08. The molecular weight excluding hydrogens is 259 g/mol. The maximum atomic E-state index is 9.00. The third-order valence-corrected chi connectivity index (χ3v) is 2.85. The van der Waals surface area contributed by atoms with Crippen LogP contribution in [0.1, 0.15) is 26.2 Å². The Kier molecular flexibility index (Phi) is 5.85. The smallest absolute Gasteiger partial charge is 0.300 e.